The van der Waals surface area contributed by atoms with Gasteiger partial charge in [0, 0.05) is 14.2 Å². The number of hydrogen-bond donors (Lipinski definition) is 2. The molecule has 6 heteroatoms. The number of primary amides is 1. The minimum absolute atomic E-state index is 0.0620. The first-order chi connectivity index (χ1) is 9.29. The lowest BCUT2D eigenvalue weighted by atomic mass is 9.90. The average Bonchev–Trinajstić information content (AvgIpc) is 2.43. The molecule has 0 aliphatic heterocycles. The van der Waals surface area contributed by atoms with E-state index < -0.39 is 18.1 Å². The van der Waals surface area contributed by atoms with Crippen LogP contribution in [0.1, 0.15) is 26.7 Å². The van der Waals surface area contributed by atoms with E-state index in [2.05, 4.69) is 6.58 Å². The molecule has 2 amide bonds. The summed E-state index contributed by atoms with van der Waals surface area (Å²) in [6.45, 7) is 7.54. The molecule has 0 saturated carbocycles. The van der Waals surface area contributed by atoms with Crippen molar-refractivity contribution < 1.29 is 14.3 Å². The minimum Gasteiger partial charge on any atom is -0.379 e. The van der Waals surface area contributed by atoms with E-state index in [-0.39, 0.29) is 24.3 Å². The summed E-state index contributed by atoms with van der Waals surface area (Å²) in [6, 6.07) is -1.03. The van der Waals surface area contributed by atoms with Gasteiger partial charge in [-0.3, -0.25) is 9.59 Å². The maximum Gasteiger partial charge on any atom is 0.243 e. The Balaban J connectivity index is 5.26. The van der Waals surface area contributed by atoms with E-state index in [1.807, 2.05) is 13.8 Å². The van der Waals surface area contributed by atoms with E-state index in [0.717, 1.165) is 6.42 Å². The molecule has 4 atom stereocenters. The molecule has 6 nitrogen and oxygen atoms in total. The zero-order valence-electron chi connectivity index (χ0n) is 12.8. The molecule has 0 aromatic heterocycles. The maximum absolute atomic E-state index is 12.2. The molecule has 0 fully saturated rings. The highest BCUT2D eigenvalue weighted by atomic mass is 16.5. The molecule has 0 aromatic carbocycles. The second-order valence-electron chi connectivity index (χ2n) is 5.03. The molecule has 0 rings (SSSR count). The normalized spacial score (nSPS) is 16.9. The monoisotopic (exact) mass is 285 g/mol. The van der Waals surface area contributed by atoms with Crippen LogP contribution in [0.25, 0.3) is 0 Å². The van der Waals surface area contributed by atoms with Gasteiger partial charge in [-0.05, 0) is 5.92 Å². The van der Waals surface area contributed by atoms with Crippen LogP contribution in [0.5, 0.6) is 0 Å². The van der Waals surface area contributed by atoms with Crippen molar-refractivity contribution in [2.45, 2.75) is 44.9 Å². The fourth-order valence-corrected chi connectivity index (χ4v) is 2.26. The topological polar surface area (TPSA) is 98.7 Å². The van der Waals surface area contributed by atoms with Crippen molar-refractivity contribution in [1.82, 2.24) is 4.90 Å². The van der Waals surface area contributed by atoms with Gasteiger partial charge >= 0.3 is 0 Å². The number of likely N-dealkylation sites (N-methyl/N-ethyl adjacent to an activating group) is 1. The highest BCUT2D eigenvalue weighted by Gasteiger charge is 2.34. The number of carbonyl (C=O) groups is 2. The van der Waals surface area contributed by atoms with Crippen LogP contribution in [0, 0.1) is 5.92 Å². The van der Waals surface area contributed by atoms with Gasteiger partial charge < -0.3 is 21.1 Å². The summed E-state index contributed by atoms with van der Waals surface area (Å²) in [7, 11) is 3.17. The summed E-state index contributed by atoms with van der Waals surface area (Å²) in [5.41, 5.74) is 10.9. The van der Waals surface area contributed by atoms with E-state index >= 15 is 0 Å². The Kier molecular flexibility index (Phi) is 8.10. The van der Waals surface area contributed by atoms with Crippen LogP contribution in [0.4, 0.5) is 0 Å². The molecule has 0 bridgehead atoms. The predicted octanol–water partition coefficient (Wildman–Crippen LogP) is 0.263. The van der Waals surface area contributed by atoms with Crippen molar-refractivity contribution in [2.24, 2.45) is 17.4 Å². The van der Waals surface area contributed by atoms with Crippen molar-refractivity contribution >= 4 is 11.8 Å². The number of carbonyl (C=O) groups excluding carboxylic acids is 2. The van der Waals surface area contributed by atoms with Gasteiger partial charge in [-0.25, -0.2) is 0 Å². The Hall–Kier alpha value is -1.40. The number of hydrogen-bond acceptors (Lipinski definition) is 4. The van der Waals surface area contributed by atoms with E-state index in [4.69, 9.17) is 16.2 Å². The van der Waals surface area contributed by atoms with Crippen molar-refractivity contribution in [1.29, 1.82) is 0 Å². The quantitative estimate of drug-likeness (QED) is 0.594. The van der Waals surface area contributed by atoms with E-state index in [1.54, 1.807) is 7.05 Å². The molecule has 0 radical (unpaired) electrons. The molecular weight excluding hydrogens is 258 g/mol. The van der Waals surface area contributed by atoms with E-state index in [0.29, 0.717) is 0 Å². The molecule has 0 saturated heterocycles. The van der Waals surface area contributed by atoms with Gasteiger partial charge in [0.1, 0.15) is 6.04 Å². The summed E-state index contributed by atoms with van der Waals surface area (Å²) >= 11 is 0. The summed E-state index contributed by atoms with van der Waals surface area (Å²) in [5.74, 6) is -0.568. The second kappa shape index (κ2) is 8.71. The Labute approximate surface area is 121 Å². The van der Waals surface area contributed by atoms with Crippen molar-refractivity contribution in [3.05, 3.63) is 12.7 Å². The molecule has 0 aliphatic rings. The van der Waals surface area contributed by atoms with Crippen molar-refractivity contribution in [3.63, 3.8) is 0 Å². The van der Waals surface area contributed by atoms with Gasteiger partial charge in [0.2, 0.25) is 11.8 Å². The first-order valence-electron chi connectivity index (χ1n) is 6.75. The maximum atomic E-state index is 12.2. The van der Waals surface area contributed by atoms with Gasteiger partial charge in [0.05, 0.1) is 18.6 Å². The van der Waals surface area contributed by atoms with E-state index in [9.17, 15) is 9.59 Å². The summed E-state index contributed by atoms with van der Waals surface area (Å²) in [6.07, 6.45) is 1.84. The first-order valence-corrected chi connectivity index (χ1v) is 6.75. The van der Waals surface area contributed by atoms with Gasteiger partial charge in [-0.2, -0.15) is 0 Å². The molecular formula is C14H27N3O3. The van der Waals surface area contributed by atoms with Crippen LogP contribution in [0.3, 0.4) is 0 Å². The number of methoxy groups -OCH3 is 1. The van der Waals surface area contributed by atoms with Crippen LogP contribution in [0.15, 0.2) is 12.7 Å². The Morgan fingerprint density at radius 3 is 2.35 bits per heavy atom. The van der Waals surface area contributed by atoms with Gasteiger partial charge in [-0.15, -0.1) is 6.58 Å². The Morgan fingerprint density at radius 1 is 1.45 bits per heavy atom. The van der Waals surface area contributed by atoms with Crippen molar-refractivity contribution in [2.75, 3.05) is 14.2 Å². The number of ether oxygens (including phenoxy) is 1. The number of nitrogens with zero attached hydrogens (tertiary/aromatic N) is 1. The fourth-order valence-electron chi connectivity index (χ4n) is 2.26. The molecule has 4 N–H and O–H groups in total. The molecule has 0 aromatic rings. The zero-order valence-corrected chi connectivity index (χ0v) is 12.8. The molecule has 0 aliphatic carbocycles. The third-order valence-electron chi connectivity index (χ3n) is 3.65. The number of amides is 2. The lowest BCUT2D eigenvalue weighted by Crippen LogP contribution is -2.54. The number of nitrogens with two attached hydrogens (primary N) is 2. The van der Waals surface area contributed by atoms with Crippen LogP contribution >= 0.6 is 0 Å². The van der Waals surface area contributed by atoms with Crippen LogP contribution in [-0.4, -0.2) is 49.1 Å². The second-order valence-corrected chi connectivity index (χ2v) is 5.03. The van der Waals surface area contributed by atoms with Crippen LogP contribution in [0.2, 0.25) is 0 Å². The first kappa shape index (κ1) is 18.6. The average molecular weight is 285 g/mol. The molecule has 20 heavy (non-hydrogen) atoms. The van der Waals surface area contributed by atoms with Gasteiger partial charge in [-0.1, -0.05) is 26.3 Å². The van der Waals surface area contributed by atoms with Crippen LogP contribution in [-0.2, 0) is 14.3 Å². The largest absolute Gasteiger partial charge is 0.379 e. The predicted molar refractivity (Wildman–Crippen MR) is 78.8 cm³/mol. The highest BCUT2D eigenvalue weighted by molar-refractivity contribution is 5.83. The SMILES string of the molecule is C=C[C@H](N)C(=O)N(C)[C@@H]([C@@H](C)CC)[C@@H](CC(N)=O)OC. The summed E-state index contributed by atoms with van der Waals surface area (Å²) in [5, 5.41) is 0. The fraction of sp³-hybridized carbons (Fsp3) is 0.714. The third kappa shape index (κ3) is 4.94. The Bertz CT molecular complexity index is 347. The molecule has 0 unspecified atom stereocenters. The Morgan fingerprint density at radius 2 is 2.00 bits per heavy atom. The van der Waals surface area contributed by atoms with E-state index in [1.165, 1.54) is 18.1 Å². The standard InChI is InChI=1S/C14H27N3O3/c1-6-9(3)13(11(20-5)8-12(16)18)17(4)14(19)10(15)7-2/h7,9-11,13H,2,6,8,15H2,1,3-5H3,(H2,16,18)/t9-,10-,11+,13-/m0/s1. The third-order valence-corrected chi connectivity index (χ3v) is 3.65. The number of rotatable bonds is 9. The summed E-state index contributed by atoms with van der Waals surface area (Å²) in [4.78, 5) is 24.9. The smallest absolute Gasteiger partial charge is 0.243 e. The molecule has 116 valence electrons. The van der Waals surface area contributed by atoms with Crippen molar-refractivity contribution in [3.8, 4) is 0 Å². The molecule has 0 spiro atoms. The summed E-state index contributed by atoms with van der Waals surface area (Å²) < 4.78 is 5.37. The van der Waals surface area contributed by atoms with Gasteiger partial charge in [0.15, 0.2) is 0 Å². The lowest BCUT2D eigenvalue weighted by molar-refractivity contribution is -0.139. The highest BCUT2D eigenvalue weighted by Crippen LogP contribution is 2.21. The molecule has 0 heterocycles. The zero-order chi connectivity index (χ0) is 15.9. The lowest BCUT2D eigenvalue weighted by Gasteiger charge is -2.38. The van der Waals surface area contributed by atoms with Crippen LogP contribution < -0.4 is 11.5 Å². The minimum atomic E-state index is -0.766. The van der Waals surface area contributed by atoms with Gasteiger partial charge in [0.25, 0.3) is 0 Å².